The minimum atomic E-state index is -0.0103. The first-order chi connectivity index (χ1) is 10.7. The van der Waals surface area contributed by atoms with E-state index in [1.807, 2.05) is 19.2 Å². The topological polar surface area (TPSA) is 49.6 Å². The van der Waals surface area contributed by atoms with Crippen molar-refractivity contribution < 1.29 is 0 Å². The summed E-state index contributed by atoms with van der Waals surface area (Å²) in [6.07, 6.45) is 5.41. The Morgan fingerprint density at radius 3 is 2.82 bits per heavy atom. The molecule has 0 radical (unpaired) electrons. The van der Waals surface area contributed by atoms with Crippen molar-refractivity contribution >= 4 is 11.3 Å². The number of rotatable bonds is 4. The fraction of sp³-hybridized carbons (Fsp3) is 0.529. The number of hydrogen-bond acceptors (Lipinski definition) is 4. The quantitative estimate of drug-likeness (QED) is 0.938. The van der Waals surface area contributed by atoms with Gasteiger partial charge in [-0.3, -0.25) is 9.20 Å². The van der Waals surface area contributed by atoms with E-state index in [1.165, 1.54) is 6.42 Å². The predicted octanol–water partition coefficient (Wildman–Crippen LogP) is 1.97. The van der Waals surface area contributed by atoms with E-state index >= 15 is 0 Å². The van der Waals surface area contributed by atoms with Crippen LogP contribution in [0.2, 0.25) is 0 Å². The Labute approximate surface area is 131 Å². The smallest absolute Gasteiger partial charge is 0.258 e. The second kappa shape index (κ2) is 6.48. The largest absolute Gasteiger partial charge is 0.370 e. The van der Waals surface area contributed by atoms with Crippen molar-refractivity contribution in [1.29, 1.82) is 0 Å². The molecule has 3 heterocycles. The van der Waals surface area contributed by atoms with Gasteiger partial charge in [-0.05, 0) is 44.9 Å². The number of piperidine rings is 1. The number of hydrogen-bond donors (Lipinski definition) is 1. The zero-order chi connectivity index (χ0) is 15.5. The van der Waals surface area contributed by atoms with Crippen molar-refractivity contribution in [2.75, 3.05) is 24.5 Å². The normalized spacial score (nSPS) is 16.4. The molecule has 0 saturated carbocycles. The number of fused-ring (bicyclic) bond motifs is 1. The van der Waals surface area contributed by atoms with Gasteiger partial charge in [0, 0.05) is 37.1 Å². The van der Waals surface area contributed by atoms with Crippen molar-refractivity contribution in [3.8, 4) is 0 Å². The third-order valence-corrected chi connectivity index (χ3v) is 4.32. The van der Waals surface area contributed by atoms with Crippen LogP contribution in [0.15, 0.2) is 29.2 Å². The molecule has 0 aromatic carbocycles. The second-order valence-electron chi connectivity index (χ2n) is 6.07. The fourth-order valence-corrected chi connectivity index (χ4v) is 3.09. The molecule has 0 amide bonds. The highest BCUT2D eigenvalue weighted by molar-refractivity contribution is 5.52. The molecule has 1 aliphatic rings. The van der Waals surface area contributed by atoms with Gasteiger partial charge in [-0.1, -0.05) is 6.92 Å². The van der Waals surface area contributed by atoms with Crippen molar-refractivity contribution in [2.24, 2.45) is 0 Å². The maximum Gasteiger partial charge on any atom is 0.258 e. The molecular weight excluding hydrogens is 276 g/mol. The third-order valence-electron chi connectivity index (χ3n) is 4.32. The molecule has 0 atom stereocenters. The van der Waals surface area contributed by atoms with Gasteiger partial charge in [0.2, 0.25) is 0 Å². The highest BCUT2D eigenvalue weighted by Gasteiger charge is 2.19. The molecule has 0 bridgehead atoms. The number of aromatic nitrogens is 2. The Morgan fingerprint density at radius 1 is 1.32 bits per heavy atom. The molecule has 5 heteroatoms. The average Bonchev–Trinajstić information content (AvgIpc) is 2.53. The molecule has 2 aromatic heterocycles. The third kappa shape index (κ3) is 3.14. The summed E-state index contributed by atoms with van der Waals surface area (Å²) in [4.78, 5) is 18.9. The molecule has 118 valence electrons. The summed E-state index contributed by atoms with van der Waals surface area (Å²) in [5.74, 6) is 0. The fourth-order valence-electron chi connectivity index (χ4n) is 3.09. The lowest BCUT2D eigenvalue weighted by atomic mass is 10.0. The monoisotopic (exact) mass is 300 g/mol. The lowest BCUT2D eigenvalue weighted by Gasteiger charge is -2.34. The van der Waals surface area contributed by atoms with Gasteiger partial charge in [-0.2, -0.15) is 0 Å². The highest BCUT2D eigenvalue weighted by atomic mass is 16.1. The zero-order valence-electron chi connectivity index (χ0n) is 13.4. The van der Waals surface area contributed by atoms with Gasteiger partial charge in [0.05, 0.1) is 5.69 Å². The Balaban J connectivity index is 1.76. The summed E-state index contributed by atoms with van der Waals surface area (Å²) >= 11 is 0. The summed E-state index contributed by atoms with van der Waals surface area (Å²) in [6.45, 7) is 7.21. The minimum Gasteiger partial charge on any atom is -0.370 e. The number of anilines is 1. The van der Waals surface area contributed by atoms with E-state index in [0.717, 1.165) is 43.9 Å². The van der Waals surface area contributed by atoms with Gasteiger partial charge in [0.15, 0.2) is 0 Å². The first-order valence-electron chi connectivity index (χ1n) is 8.16. The predicted molar refractivity (Wildman–Crippen MR) is 89.7 cm³/mol. The van der Waals surface area contributed by atoms with Crippen molar-refractivity contribution in [3.63, 3.8) is 0 Å². The molecule has 1 N–H and O–H groups in total. The first kappa shape index (κ1) is 15.0. The van der Waals surface area contributed by atoms with Crippen molar-refractivity contribution in [2.45, 2.75) is 39.2 Å². The Morgan fingerprint density at radius 2 is 2.09 bits per heavy atom. The van der Waals surface area contributed by atoms with E-state index in [1.54, 1.807) is 10.5 Å². The molecular formula is C17H24N4O. The van der Waals surface area contributed by atoms with E-state index < -0.39 is 0 Å². The summed E-state index contributed by atoms with van der Waals surface area (Å²) < 4.78 is 1.64. The molecule has 1 aliphatic heterocycles. The van der Waals surface area contributed by atoms with E-state index in [9.17, 15) is 4.79 Å². The van der Waals surface area contributed by atoms with Crippen LogP contribution in [-0.2, 0) is 0 Å². The van der Waals surface area contributed by atoms with E-state index in [0.29, 0.717) is 11.7 Å². The van der Waals surface area contributed by atoms with Crippen LogP contribution in [0.25, 0.3) is 5.65 Å². The van der Waals surface area contributed by atoms with Gasteiger partial charge in [0.1, 0.15) is 5.65 Å². The van der Waals surface area contributed by atoms with Gasteiger partial charge in [-0.25, -0.2) is 4.98 Å². The van der Waals surface area contributed by atoms with Gasteiger partial charge in [0.25, 0.3) is 5.56 Å². The molecule has 0 unspecified atom stereocenters. The highest BCUT2D eigenvalue weighted by Crippen LogP contribution is 2.20. The Bertz CT molecular complexity index is 701. The molecule has 3 rings (SSSR count). The first-order valence-corrected chi connectivity index (χ1v) is 8.16. The minimum absolute atomic E-state index is 0.0103. The standard InChI is InChI=1S/C17H24N4O/c1-3-8-18-14-6-9-20(10-7-14)15-4-5-16-19-13(2)11-17(22)21(16)12-15/h4-5,11-12,14,18H,3,6-10H2,1-2H3. The number of nitrogens with zero attached hydrogens (tertiary/aromatic N) is 3. The molecule has 1 fully saturated rings. The Hall–Kier alpha value is -1.88. The zero-order valence-corrected chi connectivity index (χ0v) is 13.4. The molecule has 22 heavy (non-hydrogen) atoms. The summed E-state index contributed by atoms with van der Waals surface area (Å²) in [5.41, 5.74) is 2.58. The van der Waals surface area contributed by atoms with Crippen LogP contribution in [0.4, 0.5) is 5.69 Å². The molecule has 0 aliphatic carbocycles. The average molecular weight is 300 g/mol. The van der Waals surface area contributed by atoms with Crippen LogP contribution in [0, 0.1) is 6.92 Å². The van der Waals surface area contributed by atoms with Gasteiger partial charge < -0.3 is 10.2 Å². The van der Waals surface area contributed by atoms with Crippen molar-refractivity contribution in [3.05, 3.63) is 40.4 Å². The van der Waals surface area contributed by atoms with Crippen molar-refractivity contribution in [1.82, 2.24) is 14.7 Å². The second-order valence-corrected chi connectivity index (χ2v) is 6.07. The SMILES string of the molecule is CCCNC1CCN(c2ccc3nc(C)cc(=O)n3c2)CC1. The van der Waals surface area contributed by atoms with Crippen LogP contribution >= 0.6 is 0 Å². The molecule has 0 spiro atoms. The maximum absolute atomic E-state index is 12.1. The molecule has 2 aromatic rings. The number of aryl methyl sites for hydroxylation is 1. The van der Waals surface area contributed by atoms with Crippen LogP contribution in [-0.4, -0.2) is 35.1 Å². The Kier molecular flexibility index (Phi) is 4.43. The van der Waals surface area contributed by atoms with Gasteiger partial charge in [-0.15, -0.1) is 0 Å². The van der Waals surface area contributed by atoms with Gasteiger partial charge >= 0.3 is 0 Å². The lowest BCUT2D eigenvalue weighted by Crippen LogP contribution is -2.42. The summed E-state index contributed by atoms with van der Waals surface area (Å²) in [6, 6.07) is 6.22. The van der Waals surface area contributed by atoms with Crippen LogP contribution in [0.1, 0.15) is 31.9 Å². The van der Waals surface area contributed by atoms with E-state index in [-0.39, 0.29) is 5.56 Å². The summed E-state index contributed by atoms with van der Waals surface area (Å²) in [7, 11) is 0. The molecule has 5 nitrogen and oxygen atoms in total. The maximum atomic E-state index is 12.1. The van der Waals surface area contributed by atoms with E-state index in [2.05, 4.69) is 28.2 Å². The van der Waals surface area contributed by atoms with Crippen LogP contribution in [0.3, 0.4) is 0 Å². The number of pyridine rings is 1. The summed E-state index contributed by atoms with van der Waals surface area (Å²) in [5, 5.41) is 3.60. The van der Waals surface area contributed by atoms with Crippen LogP contribution < -0.4 is 15.8 Å². The number of nitrogens with one attached hydrogen (secondary N) is 1. The van der Waals surface area contributed by atoms with E-state index in [4.69, 9.17) is 0 Å². The molecule has 1 saturated heterocycles. The van der Waals surface area contributed by atoms with Crippen LogP contribution in [0.5, 0.6) is 0 Å². The lowest BCUT2D eigenvalue weighted by molar-refractivity contribution is 0.416.